The fourth-order valence-electron chi connectivity index (χ4n) is 6.03. The molecule has 1 aromatic heterocycles. The maximum absolute atomic E-state index is 9.69. The molecule has 4 aliphatic carbocycles. The van der Waals surface area contributed by atoms with Gasteiger partial charge in [0.1, 0.15) is 23.3 Å². The standard InChI is InChI=1S/C22H24BrN5/c23-16-1-3-17(4-2-16)26-20-8-19(25)18(12-24)21(27-20)28-22-9-13-5-14(10-22)7-15(6-13)11-22/h1-4,8,13-15H,5-7,9-11H2,(H4,25,26,27,28). The van der Waals surface area contributed by atoms with Crippen molar-refractivity contribution in [3.63, 3.8) is 0 Å². The maximum atomic E-state index is 9.69. The summed E-state index contributed by atoms with van der Waals surface area (Å²) in [6.07, 6.45) is 7.72. The first-order valence-corrected chi connectivity index (χ1v) is 10.8. The normalized spacial score (nSPS) is 30.1. The Morgan fingerprint density at radius 3 is 2.25 bits per heavy atom. The number of nitrogens with one attached hydrogen (secondary N) is 2. The van der Waals surface area contributed by atoms with Gasteiger partial charge in [0, 0.05) is 21.8 Å². The van der Waals surface area contributed by atoms with Crippen molar-refractivity contribution >= 4 is 38.9 Å². The molecule has 4 saturated carbocycles. The number of nitrogens with two attached hydrogens (primary N) is 1. The largest absolute Gasteiger partial charge is 0.397 e. The van der Waals surface area contributed by atoms with Crippen molar-refractivity contribution in [3.05, 3.63) is 40.4 Å². The highest BCUT2D eigenvalue weighted by Gasteiger charge is 2.51. The SMILES string of the molecule is N#Cc1c(N)cc(Nc2ccc(Br)cc2)nc1NC12CC3CC(CC(C3)C1)C2. The number of anilines is 4. The van der Waals surface area contributed by atoms with Crippen LogP contribution >= 0.6 is 15.9 Å². The lowest BCUT2D eigenvalue weighted by Gasteiger charge is -2.57. The van der Waals surface area contributed by atoms with Gasteiger partial charge in [-0.2, -0.15) is 5.26 Å². The fourth-order valence-corrected chi connectivity index (χ4v) is 6.30. The minimum atomic E-state index is 0.0794. The third kappa shape index (κ3) is 3.22. The zero-order valence-electron chi connectivity index (χ0n) is 15.7. The van der Waals surface area contributed by atoms with Gasteiger partial charge in [-0.15, -0.1) is 0 Å². The van der Waals surface area contributed by atoms with Crippen molar-refractivity contribution in [3.8, 4) is 6.07 Å². The van der Waals surface area contributed by atoms with Crippen molar-refractivity contribution in [1.29, 1.82) is 5.26 Å². The Morgan fingerprint density at radius 1 is 1.07 bits per heavy atom. The number of benzene rings is 1. The van der Waals surface area contributed by atoms with Gasteiger partial charge in [-0.3, -0.25) is 0 Å². The molecule has 4 aliphatic rings. The lowest BCUT2D eigenvalue weighted by Crippen LogP contribution is -2.55. The topological polar surface area (TPSA) is 86.8 Å². The third-order valence-electron chi connectivity index (χ3n) is 6.70. The van der Waals surface area contributed by atoms with Crippen LogP contribution in [0.3, 0.4) is 0 Å². The highest BCUT2D eigenvalue weighted by Crippen LogP contribution is 2.56. The summed E-state index contributed by atoms with van der Waals surface area (Å²) in [5.74, 6) is 3.76. The van der Waals surface area contributed by atoms with Gasteiger partial charge in [0.05, 0.1) is 5.69 Å². The Morgan fingerprint density at radius 2 is 1.68 bits per heavy atom. The molecule has 0 unspecified atom stereocenters. The summed E-state index contributed by atoms with van der Waals surface area (Å²) in [7, 11) is 0. The van der Waals surface area contributed by atoms with E-state index in [1.54, 1.807) is 6.07 Å². The first-order valence-electron chi connectivity index (χ1n) is 10.0. The highest BCUT2D eigenvalue weighted by molar-refractivity contribution is 9.10. The van der Waals surface area contributed by atoms with Crippen LogP contribution < -0.4 is 16.4 Å². The summed E-state index contributed by atoms with van der Waals surface area (Å²) in [4.78, 5) is 4.76. The molecule has 1 heterocycles. The van der Waals surface area contributed by atoms with Crippen molar-refractivity contribution in [2.45, 2.75) is 44.1 Å². The second-order valence-electron chi connectivity index (χ2n) is 8.89. The first kappa shape index (κ1) is 17.8. The first-order chi connectivity index (χ1) is 13.5. The van der Waals surface area contributed by atoms with Crippen LogP contribution in [0.1, 0.15) is 44.1 Å². The van der Waals surface area contributed by atoms with E-state index in [0.29, 0.717) is 22.9 Å². The van der Waals surface area contributed by atoms with Gasteiger partial charge in [0.15, 0.2) is 0 Å². The summed E-state index contributed by atoms with van der Waals surface area (Å²) in [5.41, 5.74) is 8.16. The molecule has 28 heavy (non-hydrogen) atoms. The van der Waals surface area contributed by atoms with Crippen LogP contribution in [0, 0.1) is 29.1 Å². The van der Waals surface area contributed by atoms with E-state index >= 15 is 0 Å². The summed E-state index contributed by atoms with van der Waals surface area (Å²) in [6, 6.07) is 11.9. The molecule has 4 bridgehead atoms. The van der Waals surface area contributed by atoms with E-state index < -0.39 is 0 Å². The molecule has 144 valence electrons. The third-order valence-corrected chi connectivity index (χ3v) is 7.23. The van der Waals surface area contributed by atoms with Crippen LogP contribution in [-0.2, 0) is 0 Å². The second kappa shape index (κ2) is 6.66. The maximum Gasteiger partial charge on any atom is 0.148 e. The van der Waals surface area contributed by atoms with Crippen LogP contribution in [0.25, 0.3) is 0 Å². The number of rotatable bonds is 4. The van der Waals surface area contributed by atoms with Gasteiger partial charge < -0.3 is 16.4 Å². The Hall–Kier alpha value is -2.26. The van der Waals surface area contributed by atoms with Crippen LogP contribution in [0.5, 0.6) is 0 Å². The minimum absolute atomic E-state index is 0.0794. The van der Waals surface area contributed by atoms with E-state index in [2.05, 4.69) is 32.6 Å². The molecule has 6 rings (SSSR count). The van der Waals surface area contributed by atoms with Crippen molar-refractivity contribution < 1.29 is 0 Å². The van der Waals surface area contributed by atoms with Crippen LogP contribution in [-0.4, -0.2) is 10.5 Å². The molecule has 0 aliphatic heterocycles. The predicted octanol–water partition coefficient (Wildman–Crippen LogP) is 5.42. The molecule has 1 aromatic carbocycles. The number of aromatic nitrogens is 1. The Labute approximate surface area is 173 Å². The van der Waals surface area contributed by atoms with E-state index in [4.69, 9.17) is 10.7 Å². The molecule has 2 aromatic rings. The van der Waals surface area contributed by atoms with Gasteiger partial charge >= 0.3 is 0 Å². The number of nitrogen functional groups attached to an aromatic ring is 1. The van der Waals surface area contributed by atoms with Crippen LogP contribution in [0.15, 0.2) is 34.8 Å². The smallest absolute Gasteiger partial charge is 0.148 e. The van der Waals surface area contributed by atoms with E-state index in [1.807, 2.05) is 24.3 Å². The molecule has 0 amide bonds. The van der Waals surface area contributed by atoms with Crippen LogP contribution in [0.2, 0.25) is 0 Å². The predicted molar refractivity (Wildman–Crippen MR) is 115 cm³/mol. The number of nitriles is 1. The Bertz CT molecular complexity index is 911. The fraction of sp³-hybridized carbons (Fsp3) is 0.455. The summed E-state index contributed by atoms with van der Waals surface area (Å²) in [5, 5.41) is 16.7. The minimum Gasteiger partial charge on any atom is -0.397 e. The average Bonchev–Trinajstić information content (AvgIpc) is 2.62. The van der Waals surface area contributed by atoms with Gasteiger partial charge in [-0.25, -0.2) is 4.98 Å². The lowest BCUT2D eigenvalue weighted by molar-refractivity contribution is 0.0105. The number of nitrogens with zero attached hydrogens (tertiary/aromatic N) is 2. The molecular formula is C22H24BrN5. The van der Waals surface area contributed by atoms with Crippen LogP contribution in [0.4, 0.5) is 23.0 Å². The number of halogens is 1. The summed E-state index contributed by atoms with van der Waals surface area (Å²) in [6.45, 7) is 0. The number of hydrogen-bond donors (Lipinski definition) is 3. The summed E-state index contributed by atoms with van der Waals surface area (Å²) >= 11 is 3.45. The number of pyridine rings is 1. The van der Waals surface area contributed by atoms with Gasteiger partial charge in [-0.1, -0.05) is 15.9 Å². The zero-order valence-corrected chi connectivity index (χ0v) is 17.3. The van der Waals surface area contributed by atoms with E-state index in [1.165, 1.54) is 38.5 Å². The molecule has 0 radical (unpaired) electrons. The molecule has 0 atom stereocenters. The van der Waals surface area contributed by atoms with Crippen molar-refractivity contribution in [1.82, 2.24) is 4.98 Å². The Kier molecular flexibility index (Phi) is 4.24. The quantitative estimate of drug-likeness (QED) is 0.593. The molecule has 5 nitrogen and oxygen atoms in total. The van der Waals surface area contributed by atoms with E-state index in [0.717, 1.165) is 27.9 Å². The molecule has 4 fully saturated rings. The van der Waals surface area contributed by atoms with Gasteiger partial charge in [0.2, 0.25) is 0 Å². The lowest BCUT2D eigenvalue weighted by atomic mass is 9.53. The van der Waals surface area contributed by atoms with Crippen molar-refractivity contribution in [2.24, 2.45) is 17.8 Å². The molecular weight excluding hydrogens is 414 g/mol. The Balaban J connectivity index is 1.46. The zero-order chi connectivity index (χ0) is 19.3. The van der Waals surface area contributed by atoms with E-state index in [-0.39, 0.29) is 5.54 Å². The van der Waals surface area contributed by atoms with Gasteiger partial charge in [-0.05, 0) is 80.5 Å². The monoisotopic (exact) mass is 437 g/mol. The highest BCUT2D eigenvalue weighted by atomic mass is 79.9. The number of hydrogen-bond acceptors (Lipinski definition) is 5. The van der Waals surface area contributed by atoms with Gasteiger partial charge in [0.25, 0.3) is 0 Å². The summed E-state index contributed by atoms with van der Waals surface area (Å²) < 4.78 is 1.02. The second-order valence-corrected chi connectivity index (χ2v) is 9.80. The molecule has 0 spiro atoms. The molecule has 0 saturated heterocycles. The average molecular weight is 438 g/mol. The van der Waals surface area contributed by atoms with Crippen molar-refractivity contribution in [2.75, 3.05) is 16.4 Å². The van der Waals surface area contributed by atoms with E-state index in [9.17, 15) is 5.26 Å². The molecule has 6 heteroatoms. The molecule has 4 N–H and O–H groups in total.